The zero-order valence-electron chi connectivity index (χ0n) is 19.4. The second-order valence-corrected chi connectivity index (χ2v) is 8.27. The monoisotopic (exact) mass is 471 g/mol. The molecule has 3 heterocycles. The molecule has 0 spiro atoms. The summed E-state index contributed by atoms with van der Waals surface area (Å²) in [5.74, 6) is -0.0861. The molecule has 0 N–H and O–H groups in total. The lowest BCUT2D eigenvalue weighted by Crippen LogP contribution is -2.45. The molecule has 36 heavy (non-hydrogen) atoms. The van der Waals surface area contributed by atoms with E-state index in [0.29, 0.717) is 33.8 Å². The number of carbonyl (C=O) groups is 2. The Kier molecular flexibility index (Phi) is 5.85. The fraction of sp³-hybridized carbons (Fsp3) is 0.0690. The van der Waals surface area contributed by atoms with Crippen LogP contribution in [0.15, 0.2) is 116 Å². The van der Waals surface area contributed by atoms with Crippen molar-refractivity contribution in [2.24, 2.45) is 0 Å². The first-order valence-corrected chi connectivity index (χ1v) is 11.3. The Hall–Kier alpha value is -5.09. The summed E-state index contributed by atoms with van der Waals surface area (Å²) >= 11 is 0. The lowest BCUT2D eigenvalue weighted by atomic mass is 9.82. The van der Waals surface area contributed by atoms with E-state index < -0.39 is 5.54 Å². The molecule has 2 aromatic carbocycles. The van der Waals surface area contributed by atoms with Crippen LogP contribution in [0.2, 0.25) is 0 Å². The molecule has 0 saturated carbocycles. The fourth-order valence-corrected chi connectivity index (χ4v) is 4.62. The van der Waals surface area contributed by atoms with Crippen molar-refractivity contribution in [2.45, 2.75) is 5.54 Å². The summed E-state index contributed by atoms with van der Waals surface area (Å²) in [5.41, 5.74) is 1.70. The summed E-state index contributed by atoms with van der Waals surface area (Å²) in [6.45, 7) is 0. The van der Waals surface area contributed by atoms with Gasteiger partial charge in [0.15, 0.2) is 11.3 Å². The Morgan fingerprint density at radius 2 is 1.42 bits per heavy atom. The molecular formula is C29H21N5O2. The normalized spacial score (nSPS) is 15.7. The number of ketones is 1. The van der Waals surface area contributed by atoms with Crippen LogP contribution in [0.1, 0.15) is 27.0 Å². The predicted molar refractivity (Wildman–Crippen MR) is 135 cm³/mol. The third-order valence-corrected chi connectivity index (χ3v) is 6.36. The number of amides is 1. The first kappa shape index (κ1) is 22.7. The molecule has 0 unspecified atom stereocenters. The van der Waals surface area contributed by atoms with Crippen LogP contribution in [0, 0.1) is 11.3 Å². The van der Waals surface area contributed by atoms with Crippen LogP contribution >= 0.6 is 0 Å². The minimum Gasteiger partial charge on any atom is -0.339 e. The van der Waals surface area contributed by atoms with Crippen LogP contribution in [-0.4, -0.2) is 33.6 Å². The van der Waals surface area contributed by atoms with Crippen molar-refractivity contribution in [3.8, 4) is 6.07 Å². The Bertz CT molecular complexity index is 1440. The number of pyridine rings is 2. The van der Waals surface area contributed by atoms with Gasteiger partial charge in [0.05, 0.1) is 17.3 Å². The number of hydrogen-bond donors (Lipinski definition) is 0. The maximum Gasteiger partial charge on any atom is 0.267 e. The number of anilines is 1. The third kappa shape index (κ3) is 3.62. The SMILES string of the molecule is CN1C(=CC(=O)c2ccc(C#N)cc2)N(c2ccccc2)C(=O)C1(c1ccncc1)c1ccncc1. The molecule has 1 fully saturated rings. The van der Waals surface area contributed by atoms with E-state index in [0.717, 1.165) is 0 Å². The number of rotatable bonds is 5. The molecule has 0 radical (unpaired) electrons. The second kappa shape index (κ2) is 9.28. The van der Waals surface area contributed by atoms with Crippen molar-refractivity contribution in [2.75, 3.05) is 11.9 Å². The van der Waals surface area contributed by atoms with E-state index in [4.69, 9.17) is 5.26 Å². The highest BCUT2D eigenvalue weighted by Gasteiger charge is 2.56. The fourth-order valence-electron chi connectivity index (χ4n) is 4.62. The molecule has 5 rings (SSSR count). The van der Waals surface area contributed by atoms with Crippen molar-refractivity contribution in [1.82, 2.24) is 14.9 Å². The molecule has 1 aliphatic rings. The van der Waals surface area contributed by atoms with Crippen LogP contribution in [0.3, 0.4) is 0 Å². The van der Waals surface area contributed by atoms with Gasteiger partial charge in [-0.15, -0.1) is 0 Å². The van der Waals surface area contributed by atoms with Gasteiger partial charge in [0.25, 0.3) is 5.91 Å². The van der Waals surface area contributed by atoms with E-state index in [9.17, 15) is 9.59 Å². The lowest BCUT2D eigenvalue weighted by molar-refractivity contribution is -0.123. The summed E-state index contributed by atoms with van der Waals surface area (Å²) in [4.78, 5) is 39.6. The minimum absolute atomic E-state index is 0.229. The molecular weight excluding hydrogens is 450 g/mol. The highest BCUT2D eigenvalue weighted by molar-refractivity contribution is 6.12. The van der Waals surface area contributed by atoms with Crippen molar-refractivity contribution in [3.05, 3.63) is 138 Å². The quantitative estimate of drug-likeness (QED) is 0.319. The Morgan fingerprint density at radius 3 is 1.94 bits per heavy atom. The summed E-state index contributed by atoms with van der Waals surface area (Å²) in [6.07, 6.45) is 8.06. The van der Waals surface area contributed by atoms with Gasteiger partial charge in [-0.3, -0.25) is 24.5 Å². The topological polar surface area (TPSA) is 90.2 Å². The van der Waals surface area contributed by atoms with Gasteiger partial charge in [-0.25, -0.2) is 0 Å². The van der Waals surface area contributed by atoms with Crippen LogP contribution in [0.25, 0.3) is 0 Å². The van der Waals surface area contributed by atoms with Gasteiger partial charge in [0, 0.05) is 43.5 Å². The molecule has 174 valence electrons. The third-order valence-electron chi connectivity index (χ3n) is 6.36. The van der Waals surface area contributed by atoms with Crippen molar-refractivity contribution < 1.29 is 9.59 Å². The average molecular weight is 472 g/mol. The summed E-state index contributed by atoms with van der Waals surface area (Å²) in [7, 11) is 1.81. The summed E-state index contributed by atoms with van der Waals surface area (Å²) < 4.78 is 0. The molecule has 7 nitrogen and oxygen atoms in total. The van der Waals surface area contributed by atoms with Crippen molar-refractivity contribution in [3.63, 3.8) is 0 Å². The number of hydrogen-bond acceptors (Lipinski definition) is 6. The largest absolute Gasteiger partial charge is 0.339 e. The molecule has 4 aromatic rings. The van der Waals surface area contributed by atoms with Gasteiger partial charge in [-0.2, -0.15) is 5.26 Å². The van der Waals surface area contributed by atoms with Crippen molar-refractivity contribution >= 4 is 17.4 Å². The molecule has 1 saturated heterocycles. The van der Waals surface area contributed by atoms with E-state index in [1.54, 1.807) is 61.0 Å². The number of likely N-dealkylation sites (N-methyl/N-ethyl adjacent to an activating group) is 1. The van der Waals surface area contributed by atoms with Crippen LogP contribution < -0.4 is 4.90 Å². The average Bonchev–Trinajstić information content (AvgIpc) is 3.16. The van der Waals surface area contributed by atoms with E-state index >= 15 is 0 Å². The number of nitrogens with zero attached hydrogens (tertiary/aromatic N) is 5. The Balaban J connectivity index is 1.73. The summed E-state index contributed by atoms with van der Waals surface area (Å²) in [6, 6.07) is 25.0. The molecule has 0 bridgehead atoms. The zero-order valence-corrected chi connectivity index (χ0v) is 19.4. The molecule has 0 aliphatic carbocycles. The standard InChI is InChI=1S/C29H21N5O2/c1-33-27(19-26(35)22-9-7-21(20-30)8-10-22)34(25-5-3-2-4-6-25)28(36)29(33,23-11-15-31-16-12-23)24-13-17-32-18-14-24/h2-19H,1H3. The van der Waals surface area contributed by atoms with Gasteiger partial charge < -0.3 is 4.90 Å². The predicted octanol–water partition coefficient (Wildman–Crippen LogP) is 4.29. The van der Waals surface area contributed by atoms with Gasteiger partial charge in [-0.1, -0.05) is 18.2 Å². The van der Waals surface area contributed by atoms with E-state index in [1.165, 1.54) is 6.08 Å². The van der Waals surface area contributed by atoms with Gasteiger partial charge >= 0.3 is 0 Å². The first-order valence-electron chi connectivity index (χ1n) is 11.3. The van der Waals surface area contributed by atoms with Crippen LogP contribution in [0.4, 0.5) is 5.69 Å². The minimum atomic E-state index is -1.25. The molecule has 1 aliphatic heterocycles. The van der Waals surface area contributed by atoms with Crippen LogP contribution in [0.5, 0.6) is 0 Å². The zero-order chi connectivity index (χ0) is 25.1. The maximum absolute atomic E-state index is 14.5. The summed E-state index contributed by atoms with van der Waals surface area (Å²) in [5, 5.41) is 9.09. The lowest BCUT2D eigenvalue weighted by Gasteiger charge is -2.35. The molecule has 1 amide bonds. The number of para-hydroxylation sites is 1. The molecule has 7 heteroatoms. The van der Waals surface area contributed by atoms with Gasteiger partial charge in [0.1, 0.15) is 5.82 Å². The highest BCUT2D eigenvalue weighted by Crippen LogP contribution is 2.46. The van der Waals surface area contributed by atoms with Gasteiger partial charge in [0.2, 0.25) is 0 Å². The highest BCUT2D eigenvalue weighted by atomic mass is 16.2. The second-order valence-electron chi connectivity index (χ2n) is 8.27. The number of aromatic nitrogens is 2. The first-order chi connectivity index (χ1) is 17.6. The number of nitriles is 1. The van der Waals surface area contributed by atoms with E-state index in [-0.39, 0.29) is 11.7 Å². The molecule has 0 atom stereocenters. The maximum atomic E-state index is 14.5. The number of carbonyl (C=O) groups excluding carboxylic acids is 2. The Morgan fingerprint density at radius 1 is 0.861 bits per heavy atom. The van der Waals surface area contributed by atoms with Crippen LogP contribution in [-0.2, 0) is 10.3 Å². The van der Waals surface area contributed by atoms with E-state index in [1.807, 2.05) is 59.5 Å². The van der Waals surface area contributed by atoms with Crippen molar-refractivity contribution in [1.29, 1.82) is 5.26 Å². The molecule has 2 aromatic heterocycles. The smallest absolute Gasteiger partial charge is 0.267 e. The van der Waals surface area contributed by atoms with E-state index in [2.05, 4.69) is 16.0 Å². The number of benzene rings is 2. The number of allylic oxidation sites excluding steroid dienone is 1. The Labute approximate surface area is 208 Å². The van der Waals surface area contributed by atoms with Gasteiger partial charge in [-0.05, 0) is 71.8 Å².